The van der Waals surface area contributed by atoms with Crippen molar-refractivity contribution in [3.05, 3.63) is 64.7 Å². The highest BCUT2D eigenvalue weighted by Crippen LogP contribution is 2.33. The molecule has 0 aromatic heterocycles. The molecule has 1 atom stereocenters. The molecule has 4 aliphatic heterocycles. The summed E-state index contributed by atoms with van der Waals surface area (Å²) in [5.41, 5.74) is 6.08. The third-order valence-electron chi connectivity index (χ3n) is 11.7. The number of carbonyl (C=O) groups is 3. The Balaban J connectivity index is 0.994. The predicted octanol–water partition coefficient (Wildman–Crippen LogP) is 5.39. The third-order valence-corrected chi connectivity index (χ3v) is 11.7. The van der Waals surface area contributed by atoms with Crippen LogP contribution in [-0.4, -0.2) is 77.9 Å². The van der Waals surface area contributed by atoms with Gasteiger partial charge in [-0.15, -0.1) is 0 Å². The third kappa shape index (κ3) is 6.97. The topological polar surface area (TPSA) is 85.0 Å². The molecule has 1 unspecified atom stereocenters. The van der Waals surface area contributed by atoms with Crippen LogP contribution in [0, 0.1) is 17.8 Å². The Morgan fingerprint density at radius 1 is 0.783 bits per heavy atom. The number of anilines is 1. The number of benzene rings is 2. The van der Waals surface area contributed by atoms with E-state index in [1.165, 1.54) is 42.4 Å². The van der Waals surface area contributed by atoms with Gasteiger partial charge in [0, 0.05) is 50.9 Å². The van der Waals surface area contributed by atoms with E-state index in [0.717, 1.165) is 81.9 Å². The smallest absolute Gasteiger partial charge is 0.322 e. The molecular formula is C38H51N5O3. The standard InChI is InChI=1S/C38H51N5O3/c44-36(41-21-15-34(16-22-41)43-26-32-7-3-4-8-35(32)40-38(43)46)25-33(24-27-9-10-28-5-1-2-6-31(28)23-27)37(45)42-19-13-30(14-20-42)29-11-17-39-18-12-29/h3-4,7-10,23,29-30,33-34,39H,1-2,5-6,11-22,24-26H2,(H,40,46). The highest BCUT2D eigenvalue weighted by atomic mass is 16.2. The second-order valence-electron chi connectivity index (χ2n) is 14.5. The fourth-order valence-electron chi connectivity index (χ4n) is 8.89. The number of fused-ring (bicyclic) bond motifs is 2. The molecule has 0 spiro atoms. The molecular weight excluding hydrogens is 574 g/mol. The highest BCUT2D eigenvalue weighted by molar-refractivity contribution is 5.92. The van der Waals surface area contributed by atoms with Crippen molar-refractivity contribution in [3.63, 3.8) is 0 Å². The Labute approximate surface area is 274 Å². The SMILES string of the molecule is O=C(CC(Cc1ccc2c(c1)CCCC2)C(=O)N1CCC(C2CCNCC2)CC1)N1CCC(N2Cc3ccccc3NC2=O)CC1. The Hall–Kier alpha value is -3.39. The maximum Gasteiger partial charge on any atom is 0.322 e. The largest absolute Gasteiger partial charge is 0.343 e. The monoisotopic (exact) mass is 625 g/mol. The summed E-state index contributed by atoms with van der Waals surface area (Å²) in [4.78, 5) is 46.9. The van der Waals surface area contributed by atoms with Crippen molar-refractivity contribution in [3.8, 4) is 0 Å². The summed E-state index contributed by atoms with van der Waals surface area (Å²) in [6, 6.07) is 14.8. The van der Waals surface area contributed by atoms with Crippen LogP contribution in [0.5, 0.6) is 0 Å². The van der Waals surface area contributed by atoms with Crippen LogP contribution < -0.4 is 10.6 Å². The molecule has 2 aromatic rings. The molecule has 5 aliphatic rings. The van der Waals surface area contributed by atoms with Crippen molar-refractivity contribution in [2.45, 2.75) is 89.6 Å². The van der Waals surface area contributed by atoms with E-state index < -0.39 is 0 Å². The van der Waals surface area contributed by atoms with E-state index in [9.17, 15) is 14.4 Å². The van der Waals surface area contributed by atoms with Gasteiger partial charge in [-0.25, -0.2) is 4.79 Å². The van der Waals surface area contributed by atoms with E-state index >= 15 is 0 Å². The van der Waals surface area contributed by atoms with Crippen molar-refractivity contribution < 1.29 is 14.4 Å². The van der Waals surface area contributed by atoms with Crippen molar-refractivity contribution in [1.82, 2.24) is 20.0 Å². The fraction of sp³-hybridized carbons (Fsp3) is 0.605. The quantitative estimate of drug-likeness (QED) is 0.432. The van der Waals surface area contributed by atoms with Crippen molar-refractivity contribution in [2.75, 3.05) is 44.6 Å². The first-order valence-electron chi connectivity index (χ1n) is 18.1. The summed E-state index contributed by atoms with van der Waals surface area (Å²) in [7, 11) is 0. The van der Waals surface area contributed by atoms with Gasteiger partial charge in [-0.05, 0) is 124 Å². The molecule has 4 amide bonds. The summed E-state index contributed by atoms with van der Waals surface area (Å²) in [6.07, 6.45) is 11.8. The van der Waals surface area contributed by atoms with Gasteiger partial charge in [0.15, 0.2) is 0 Å². The molecule has 2 N–H and O–H groups in total. The number of hydrogen-bond donors (Lipinski definition) is 2. The number of nitrogens with zero attached hydrogens (tertiary/aromatic N) is 3. The van der Waals surface area contributed by atoms with E-state index in [-0.39, 0.29) is 36.2 Å². The maximum absolute atomic E-state index is 14.2. The van der Waals surface area contributed by atoms with Crippen LogP contribution >= 0.6 is 0 Å². The van der Waals surface area contributed by atoms with Gasteiger partial charge in [0.05, 0.1) is 5.92 Å². The lowest BCUT2D eigenvalue weighted by Gasteiger charge is -2.41. The maximum atomic E-state index is 14.2. The molecule has 7 rings (SSSR count). The summed E-state index contributed by atoms with van der Waals surface area (Å²) >= 11 is 0. The van der Waals surface area contributed by atoms with Crippen LogP contribution in [0.2, 0.25) is 0 Å². The summed E-state index contributed by atoms with van der Waals surface area (Å²) in [5, 5.41) is 6.52. The number of likely N-dealkylation sites (tertiary alicyclic amines) is 2. The number of para-hydroxylation sites is 1. The number of hydrogen-bond acceptors (Lipinski definition) is 4. The number of rotatable bonds is 7. The molecule has 0 radical (unpaired) electrons. The lowest BCUT2D eigenvalue weighted by atomic mass is 9.79. The second kappa shape index (κ2) is 14.2. The molecule has 8 heteroatoms. The summed E-state index contributed by atoms with van der Waals surface area (Å²) in [6.45, 7) is 5.71. The van der Waals surface area contributed by atoms with E-state index in [4.69, 9.17) is 0 Å². The van der Waals surface area contributed by atoms with Gasteiger partial charge in [-0.1, -0.05) is 36.4 Å². The van der Waals surface area contributed by atoms with Gasteiger partial charge in [0.2, 0.25) is 11.8 Å². The van der Waals surface area contributed by atoms with Gasteiger partial charge < -0.3 is 25.3 Å². The Morgan fingerprint density at radius 2 is 1.48 bits per heavy atom. The van der Waals surface area contributed by atoms with Gasteiger partial charge in [-0.3, -0.25) is 9.59 Å². The normalized spacial score (nSPS) is 22.2. The van der Waals surface area contributed by atoms with Gasteiger partial charge in [0.1, 0.15) is 0 Å². The highest BCUT2D eigenvalue weighted by Gasteiger charge is 2.36. The molecule has 3 saturated heterocycles. The molecule has 246 valence electrons. The molecule has 46 heavy (non-hydrogen) atoms. The molecule has 0 bridgehead atoms. The van der Waals surface area contributed by atoms with Crippen LogP contribution in [0.4, 0.5) is 10.5 Å². The minimum absolute atomic E-state index is 0.0527. The Morgan fingerprint density at radius 3 is 2.26 bits per heavy atom. The van der Waals surface area contributed by atoms with Gasteiger partial charge in [-0.2, -0.15) is 0 Å². The first-order valence-corrected chi connectivity index (χ1v) is 18.1. The Bertz CT molecular complexity index is 1400. The van der Waals surface area contributed by atoms with Crippen LogP contribution in [0.15, 0.2) is 42.5 Å². The average Bonchev–Trinajstić information content (AvgIpc) is 3.11. The zero-order valence-electron chi connectivity index (χ0n) is 27.4. The van der Waals surface area contributed by atoms with Crippen LogP contribution in [0.1, 0.15) is 80.0 Å². The molecule has 8 nitrogen and oxygen atoms in total. The lowest BCUT2D eigenvalue weighted by molar-refractivity contribution is -0.143. The average molecular weight is 626 g/mol. The molecule has 0 saturated carbocycles. The van der Waals surface area contributed by atoms with E-state index in [0.29, 0.717) is 32.0 Å². The first-order chi connectivity index (χ1) is 22.5. The summed E-state index contributed by atoms with van der Waals surface area (Å²) < 4.78 is 0. The van der Waals surface area contributed by atoms with Crippen molar-refractivity contribution >= 4 is 23.5 Å². The van der Waals surface area contributed by atoms with Crippen LogP contribution in [0.3, 0.4) is 0 Å². The fourth-order valence-corrected chi connectivity index (χ4v) is 8.89. The first kappa shape index (κ1) is 31.2. The number of piperidine rings is 3. The van der Waals surface area contributed by atoms with E-state index in [1.807, 2.05) is 28.0 Å². The zero-order chi connectivity index (χ0) is 31.5. The van der Waals surface area contributed by atoms with Crippen molar-refractivity contribution in [2.24, 2.45) is 17.8 Å². The number of urea groups is 1. The molecule has 1 aliphatic carbocycles. The number of amides is 4. The minimum atomic E-state index is -0.341. The Kier molecular flexibility index (Phi) is 9.61. The van der Waals surface area contributed by atoms with Gasteiger partial charge in [0.25, 0.3) is 0 Å². The minimum Gasteiger partial charge on any atom is -0.343 e. The second-order valence-corrected chi connectivity index (χ2v) is 14.5. The molecule has 4 heterocycles. The predicted molar refractivity (Wildman–Crippen MR) is 180 cm³/mol. The van der Waals surface area contributed by atoms with Gasteiger partial charge >= 0.3 is 6.03 Å². The van der Waals surface area contributed by atoms with Crippen LogP contribution in [0.25, 0.3) is 0 Å². The zero-order valence-corrected chi connectivity index (χ0v) is 27.4. The number of nitrogens with one attached hydrogen (secondary N) is 2. The molecule has 2 aromatic carbocycles. The van der Waals surface area contributed by atoms with E-state index in [2.05, 4.69) is 39.8 Å². The summed E-state index contributed by atoms with van der Waals surface area (Å²) in [5.74, 6) is 1.39. The van der Waals surface area contributed by atoms with Crippen molar-refractivity contribution in [1.29, 1.82) is 0 Å². The molecule has 3 fully saturated rings. The van der Waals surface area contributed by atoms with E-state index in [1.54, 1.807) is 0 Å². The van der Waals surface area contributed by atoms with Crippen LogP contribution in [-0.2, 0) is 35.4 Å². The lowest BCUT2D eigenvalue weighted by Crippen LogP contribution is -2.51. The number of carbonyl (C=O) groups excluding carboxylic acids is 3. The number of aryl methyl sites for hydroxylation is 2.